The maximum Gasteiger partial charge on any atom is 0.397 e. The summed E-state index contributed by atoms with van der Waals surface area (Å²) in [5, 5.41) is 0. The predicted octanol–water partition coefficient (Wildman–Crippen LogP) is -1.28. The first-order valence-electron chi connectivity index (χ1n) is 1.54. The Morgan fingerprint density at radius 2 is 1.40 bits per heavy atom. The third kappa shape index (κ3) is 2870. The first kappa shape index (κ1) is 13.0. The Hall–Kier alpha value is 0.400. The third-order valence-corrected chi connectivity index (χ3v) is 0. The van der Waals surface area contributed by atoms with Gasteiger partial charge in [-0.3, -0.25) is 9.11 Å². The van der Waals surface area contributed by atoms with E-state index in [9.17, 15) is 0 Å². The molecule has 10 heavy (non-hydrogen) atoms. The average Bonchev–Trinajstić information content (AvgIpc) is 1.12. The van der Waals surface area contributed by atoms with E-state index in [0.29, 0.717) is 0 Å². The zero-order valence-electron chi connectivity index (χ0n) is 4.45. The van der Waals surface area contributed by atoms with E-state index < -0.39 is 16.8 Å². The van der Waals surface area contributed by atoms with Crippen LogP contribution in [-0.4, -0.2) is 23.1 Å². The molecule has 0 fully saturated rings. The normalized spacial score (nSPS) is 11.7. The number of rotatable bonds is 0. The molecule has 0 atom stereocenters. The van der Waals surface area contributed by atoms with E-state index in [1.54, 1.807) is 0 Å². The summed E-state index contributed by atoms with van der Waals surface area (Å²) in [5.74, 6) is 0. The molecule has 0 aromatic carbocycles. The van der Waals surface area contributed by atoms with Gasteiger partial charge in [-0.1, -0.05) is 0 Å². The Labute approximate surface area is 61.8 Å². The minimum atomic E-state index is -4.14. The lowest BCUT2D eigenvalue weighted by Crippen LogP contribution is -1.87. The summed E-state index contributed by atoms with van der Waals surface area (Å²) in [6.45, 7) is 0. The van der Waals surface area contributed by atoms with Gasteiger partial charge in [-0.25, -0.2) is 10.1 Å². The molecule has 0 saturated heterocycles. The van der Waals surface area contributed by atoms with Crippen LogP contribution in [0.3, 0.4) is 0 Å². The first-order valence-corrected chi connectivity index (χ1v) is 5.62. The molecule has 6 N–H and O–H groups in total. The van der Waals surface area contributed by atoms with Crippen LogP contribution in [0.15, 0.2) is 0 Å². The van der Waals surface area contributed by atoms with E-state index in [4.69, 9.17) is 27.7 Å². The van der Waals surface area contributed by atoms with Crippen LogP contribution >= 0.6 is 7.75 Å². The minimum Gasteiger partial charge on any atom is -0.313 e. The summed E-state index contributed by atoms with van der Waals surface area (Å²) in [7, 11) is -7.97. The fourth-order valence-corrected chi connectivity index (χ4v) is 0. The topological polar surface area (TPSA) is 141 Å². The Bertz CT molecular complexity index is 194. The van der Waals surface area contributed by atoms with E-state index >= 15 is 0 Å². The fraction of sp³-hybridized carbons (Fsp3) is 0. The van der Waals surface area contributed by atoms with Crippen LogP contribution in [0.1, 0.15) is 0 Å². The zero-order valence-corrected chi connectivity index (χ0v) is 6.97. The molecule has 0 amide bonds. The van der Waals surface area contributed by atoms with Crippen molar-refractivity contribution in [3.63, 3.8) is 0 Å². The van der Waals surface area contributed by atoms with E-state index in [0.717, 1.165) is 0 Å². The van der Waals surface area contributed by atoms with Crippen LogP contribution in [0.4, 0.5) is 0 Å². The van der Waals surface area contributed by atoms with Gasteiger partial charge >= 0.3 is 7.75 Å². The lowest BCUT2D eigenvalue weighted by molar-refractivity contribution is 0.374. The molecule has 0 unspecified atom stereocenters. The predicted molar refractivity (Wildman–Crippen MR) is 37.0 cm³/mol. The second kappa shape index (κ2) is 4.31. The highest BCUT2D eigenvalue weighted by Crippen LogP contribution is 2.20. The Kier molecular flexibility index (Phi) is 5.62. The molecule has 0 rings (SSSR count). The molecule has 0 radical (unpaired) electrons. The van der Waals surface area contributed by atoms with Gasteiger partial charge < -0.3 is 9.79 Å². The van der Waals surface area contributed by atoms with Gasteiger partial charge in [0.1, 0.15) is 0 Å². The highest BCUT2D eigenvalue weighted by Gasteiger charge is 1.96. The molecule has 0 aromatic heterocycles. The maximum absolute atomic E-state index is 9.11. The third-order valence-electron chi connectivity index (χ3n) is 0. The highest BCUT2D eigenvalue weighted by atomic mass is 32.9. The van der Waals surface area contributed by atoms with Crippen molar-refractivity contribution in [1.82, 2.24) is 0 Å². The monoisotopic (exact) mass is 211 g/mol. The molecular formula is H6NO6PS2. The summed E-state index contributed by atoms with van der Waals surface area (Å²) in [5.41, 5.74) is 4.02. The fourth-order valence-electron chi connectivity index (χ4n) is 0. The summed E-state index contributed by atoms with van der Waals surface area (Å²) in [6.07, 6.45) is 0. The van der Waals surface area contributed by atoms with Gasteiger partial charge in [0.15, 0.2) is 0 Å². The van der Waals surface area contributed by atoms with Crippen LogP contribution in [0, 0.1) is 0 Å². The quantitative estimate of drug-likeness (QED) is 0.312. The molecule has 0 saturated carbocycles. The number of hydrogen-bond donors (Lipinski definition) is 5. The largest absolute Gasteiger partial charge is 0.397 e. The molecule has 0 aliphatic heterocycles. The lowest BCUT2D eigenvalue weighted by Gasteiger charge is -1.84. The van der Waals surface area contributed by atoms with Crippen molar-refractivity contribution < 1.29 is 27.7 Å². The molecule has 7 nitrogen and oxygen atoms in total. The van der Waals surface area contributed by atoms with Crippen molar-refractivity contribution in [2.24, 2.45) is 5.50 Å². The van der Waals surface area contributed by atoms with Gasteiger partial charge in [-0.2, -0.15) is 4.21 Å². The molecule has 64 valence electrons. The van der Waals surface area contributed by atoms with E-state index in [-0.39, 0.29) is 0 Å². The van der Waals surface area contributed by atoms with Gasteiger partial charge in [0, 0.05) is 11.2 Å². The van der Waals surface area contributed by atoms with Gasteiger partial charge in [0.05, 0.1) is 0 Å². The van der Waals surface area contributed by atoms with Gasteiger partial charge in [0.2, 0.25) is 0 Å². The first-order chi connectivity index (χ1) is 4.00. The lowest BCUT2D eigenvalue weighted by atomic mass is 13.9. The number of nitrogens with two attached hydrogens (primary N) is 1. The van der Waals surface area contributed by atoms with Crippen molar-refractivity contribution in [2.45, 2.75) is 0 Å². The van der Waals surface area contributed by atoms with E-state index in [1.165, 1.54) is 0 Å². The van der Waals surface area contributed by atoms with Crippen molar-refractivity contribution >= 4 is 28.0 Å². The molecule has 0 heterocycles. The highest BCUT2D eigenvalue weighted by molar-refractivity contribution is 8.26. The Morgan fingerprint density at radius 1 is 1.40 bits per heavy atom. The SMILES string of the molecule is NP(=O)(O)O.O=S(O)(O)=S. The van der Waals surface area contributed by atoms with Crippen LogP contribution in [0.5, 0.6) is 0 Å². The molecule has 0 aliphatic rings. The second-order valence-electron chi connectivity index (χ2n) is 1.04. The van der Waals surface area contributed by atoms with Crippen molar-refractivity contribution in [1.29, 1.82) is 0 Å². The van der Waals surface area contributed by atoms with Crippen LogP contribution in [0.25, 0.3) is 0 Å². The molecule has 10 heteroatoms. The van der Waals surface area contributed by atoms with E-state index in [1.807, 2.05) is 0 Å². The molecular weight excluding hydrogens is 205 g/mol. The second-order valence-corrected chi connectivity index (χ2v) is 4.41. The van der Waals surface area contributed by atoms with Crippen molar-refractivity contribution in [3.8, 4) is 0 Å². The molecule has 0 spiro atoms. The Morgan fingerprint density at radius 3 is 1.40 bits per heavy atom. The minimum absolute atomic E-state index is 3.47. The summed E-state index contributed by atoms with van der Waals surface area (Å²) in [4.78, 5) is 14.8. The van der Waals surface area contributed by atoms with Gasteiger partial charge in [-0.15, -0.1) is 0 Å². The standard InChI is InChI=1S/H4NO3P.H2O3S2/c2*1-5(2,3)4/h(H4,1,2,3,4);(H2,1,2,3,4). The molecule has 0 aromatic rings. The van der Waals surface area contributed by atoms with Gasteiger partial charge in [-0.05, 0) is 0 Å². The molecule has 0 aliphatic carbocycles. The maximum atomic E-state index is 9.11. The molecule has 0 bridgehead atoms. The van der Waals surface area contributed by atoms with Gasteiger partial charge in [0.25, 0.3) is 9.05 Å². The summed E-state index contributed by atoms with van der Waals surface area (Å²) < 4.78 is 33.1. The smallest absolute Gasteiger partial charge is 0.313 e. The summed E-state index contributed by atoms with van der Waals surface area (Å²) >= 11 is 3.47. The van der Waals surface area contributed by atoms with Crippen LogP contribution < -0.4 is 5.50 Å². The Balaban J connectivity index is 0. The van der Waals surface area contributed by atoms with Crippen LogP contribution in [0.2, 0.25) is 0 Å². The average molecular weight is 211 g/mol. The van der Waals surface area contributed by atoms with Crippen LogP contribution in [-0.2, 0) is 24.8 Å². The van der Waals surface area contributed by atoms with E-state index in [2.05, 4.69) is 16.7 Å². The van der Waals surface area contributed by atoms with Crippen molar-refractivity contribution in [2.75, 3.05) is 0 Å². The zero-order chi connectivity index (χ0) is 9.00. The summed E-state index contributed by atoms with van der Waals surface area (Å²) in [6, 6.07) is 0. The van der Waals surface area contributed by atoms with Crippen molar-refractivity contribution in [3.05, 3.63) is 0 Å². The number of hydrogen-bond acceptors (Lipinski definition) is 3.